The molecule has 0 saturated heterocycles. The van der Waals surface area contributed by atoms with Crippen LogP contribution in [0.5, 0.6) is 0 Å². The van der Waals surface area contributed by atoms with Crippen LogP contribution in [-0.2, 0) is 0 Å². The van der Waals surface area contributed by atoms with Gasteiger partial charge in [-0.15, -0.1) is 0 Å². The van der Waals surface area contributed by atoms with Crippen LogP contribution in [-0.4, -0.2) is 19.1 Å². The number of nitrogens with one attached hydrogen (secondary N) is 1. The van der Waals surface area contributed by atoms with E-state index in [0.29, 0.717) is 17.4 Å². The quantitative estimate of drug-likeness (QED) is 0.717. The topological polar surface area (TPSA) is 38.0 Å². The van der Waals surface area contributed by atoms with Gasteiger partial charge in [-0.25, -0.2) is 0 Å². The van der Waals surface area contributed by atoms with Gasteiger partial charge >= 0.3 is 0 Å². The summed E-state index contributed by atoms with van der Waals surface area (Å²) in [5.74, 6) is 0.669. The molecule has 1 saturated carbocycles. The zero-order valence-corrected chi connectivity index (χ0v) is 10.5. The third kappa shape index (κ3) is 3.33. The Balaban J connectivity index is 1.65. The van der Waals surface area contributed by atoms with Crippen molar-refractivity contribution in [1.82, 2.24) is 5.32 Å². The van der Waals surface area contributed by atoms with Crippen LogP contribution >= 0.6 is 0 Å². The Hall–Kier alpha value is -0.340. The zero-order chi connectivity index (χ0) is 11.4. The van der Waals surface area contributed by atoms with E-state index in [9.17, 15) is 0 Å². The van der Waals surface area contributed by atoms with Crippen LogP contribution in [0.3, 0.4) is 0 Å². The second-order valence-corrected chi connectivity index (χ2v) is 6.05. The van der Waals surface area contributed by atoms with Gasteiger partial charge in [-0.1, -0.05) is 38.3 Å². The molecule has 0 aromatic heterocycles. The van der Waals surface area contributed by atoms with E-state index in [4.69, 9.17) is 5.73 Å². The molecule has 16 heavy (non-hydrogen) atoms. The van der Waals surface area contributed by atoms with Gasteiger partial charge in [0, 0.05) is 19.1 Å². The number of nitrogens with two attached hydrogens (primary N) is 1. The number of hydrogen-bond donors (Lipinski definition) is 2. The molecule has 0 aromatic rings. The van der Waals surface area contributed by atoms with Crippen molar-refractivity contribution < 1.29 is 0 Å². The standard InChI is InChI=1S/C14H26N2/c1-14(7-3-2-4-8-14)11-16-10-12-5-6-13(15)9-12/h5-6,12-13,16H,2-4,7-11,15H2,1H3. The molecule has 2 aliphatic rings. The van der Waals surface area contributed by atoms with Gasteiger partial charge in [-0.2, -0.15) is 0 Å². The van der Waals surface area contributed by atoms with Crippen LogP contribution in [0.15, 0.2) is 12.2 Å². The van der Waals surface area contributed by atoms with Crippen LogP contribution < -0.4 is 11.1 Å². The van der Waals surface area contributed by atoms with Crippen molar-refractivity contribution in [3.63, 3.8) is 0 Å². The first-order chi connectivity index (χ1) is 7.68. The van der Waals surface area contributed by atoms with Crippen molar-refractivity contribution in [1.29, 1.82) is 0 Å². The molecular formula is C14H26N2. The summed E-state index contributed by atoms with van der Waals surface area (Å²) in [7, 11) is 0. The van der Waals surface area contributed by atoms with Crippen molar-refractivity contribution in [2.45, 2.75) is 51.5 Å². The Morgan fingerprint density at radius 1 is 1.25 bits per heavy atom. The van der Waals surface area contributed by atoms with Crippen molar-refractivity contribution in [2.24, 2.45) is 17.1 Å². The Morgan fingerprint density at radius 3 is 2.62 bits per heavy atom. The minimum atomic E-state index is 0.303. The normalized spacial score (nSPS) is 33.1. The fourth-order valence-corrected chi connectivity index (χ4v) is 3.10. The maximum atomic E-state index is 5.85. The van der Waals surface area contributed by atoms with Gasteiger partial charge < -0.3 is 11.1 Å². The molecule has 0 spiro atoms. The van der Waals surface area contributed by atoms with E-state index in [1.54, 1.807) is 0 Å². The van der Waals surface area contributed by atoms with Crippen LogP contribution in [0.2, 0.25) is 0 Å². The van der Waals surface area contributed by atoms with Crippen molar-refractivity contribution >= 4 is 0 Å². The van der Waals surface area contributed by atoms with Crippen molar-refractivity contribution in [3.05, 3.63) is 12.2 Å². The highest BCUT2D eigenvalue weighted by Crippen LogP contribution is 2.34. The van der Waals surface area contributed by atoms with Gasteiger partial charge in [0.2, 0.25) is 0 Å². The minimum Gasteiger partial charge on any atom is -0.324 e. The predicted molar refractivity (Wildman–Crippen MR) is 69.3 cm³/mol. The Bertz CT molecular complexity index is 241. The molecule has 0 bridgehead atoms. The highest BCUT2D eigenvalue weighted by atomic mass is 14.9. The molecule has 1 fully saturated rings. The first-order valence-corrected chi connectivity index (χ1v) is 6.83. The molecule has 2 aliphatic carbocycles. The molecule has 92 valence electrons. The van der Waals surface area contributed by atoms with Gasteiger partial charge in [-0.05, 0) is 30.6 Å². The Labute approximate surface area is 99.7 Å². The lowest BCUT2D eigenvalue weighted by molar-refractivity contribution is 0.206. The molecule has 2 atom stereocenters. The molecule has 2 heteroatoms. The van der Waals surface area contributed by atoms with E-state index in [0.717, 1.165) is 13.0 Å². The molecular weight excluding hydrogens is 196 g/mol. The van der Waals surface area contributed by atoms with Gasteiger partial charge in [0.1, 0.15) is 0 Å². The molecule has 0 aliphatic heterocycles. The Morgan fingerprint density at radius 2 is 2.00 bits per heavy atom. The monoisotopic (exact) mass is 222 g/mol. The summed E-state index contributed by atoms with van der Waals surface area (Å²) in [5, 5.41) is 3.65. The summed E-state index contributed by atoms with van der Waals surface area (Å²) in [4.78, 5) is 0. The molecule has 2 rings (SSSR count). The zero-order valence-electron chi connectivity index (χ0n) is 10.5. The lowest BCUT2D eigenvalue weighted by atomic mass is 9.75. The van der Waals surface area contributed by atoms with E-state index in [1.807, 2.05) is 0 Å². The maximum absolute atomic E-state index is 5.85. The molecule has 0 heterocycles. The van der Waals surface area contributed by atoms with Crippen molar-refractivity contribution in [2.75, 3.05) is 13.1 Å². The molecule has 0 radical (unpaired) electrons. The Kier molecular flexibility index (Phi) is 4.04. The first kappa shape index (κ1) is 12.1. The third-order valence-electron chi connectivity index (χ3n) is 4.22. The summed E-state index contributed by atoms with van der Waals surface area (Å²) in [6.45, 7) is 4.74. The maximum Gasteiger partial charge on any atom is 0.0229 e. The van der Waals surface area contributed by atoms with E-state index in [-0.39, 0.29) is 0 Å². The van der Waals surface area contributed by atoms with Crippen LogP contribution in [0.4, 0.5) is 0 Å². The van der Waals surface area contributed by atoms with Gasteiger partial charge in [0.05, 0.1) is 0 Å². The fourth-order valence-electron chi connectivity index (χ4n) is 3.10. The lowest BCUT2D eigenvalue weighted by Gasteiger charge is -2.34. The van der Waals surface area contributed by atoms with Crippen LogP contribution in [0.25, 0.3) is 0 Å². The van der Waals surface area contributed by atoms with E-state index >= 15 is 0 Å². The SMILES string of the molecule is CC1(CNCC2C=CC(N)C2)CCCCC1. The minimum absolute atomic E-state index is 0.303. The second-order valence-electron chi connectivity index (χ2n) is 6.05. The highest BCUT2D eigenvalue weighted by Gasteiger charge is 2.26. The van der Waals surface area contributed by atoms with E-state index in [2.05, 4.69) is 24.4 Å². The fraction of sp³-hybridized carbons (Fsp3) is 0.857. The van der Waals surface area contributed by atoms with Crippen LogP contribution in [0.1, 0.15) is 45.4 Å². The molecule has 0 amide bonds. The summed E-state index contributed by atoms with van der Waals surface area (Å²) in [6, 6.07) is 0.303. The smallest absolute Gasteiger partial charge is 0.0229 e. The van der Waals surface area contributed by atoms with Gasteiger partial charge in [0.15, 0.2) is 0 Å². The molecule has 3 N–H and O–H groups in total. The van der Waals surface area contributed by atoms with E-state index < -0.39 is 0 Å². The van der Waals surface area contributed by atoms with Gasteiger partial charge in [-0.3, -0.25) is 0 Å². The second kappa shape index (κ2) is 5.33. The molecule has 2 nitrogen and oxygen atoms in total. The largest absolute Gasteiger partial charge is 0.324 e. The van der Waals surface area contributed by atoms with Crippen molar-refractivity contribution in [3.8, 4) is 0 Å². The third-order valence-corrected chi connectivity index (χ3v) is 4.22. The highest BCUT2D eigenvalue weighted by molar-refractivity contribution is 5.05. The molecule has 0 aromatic carbocycles. The average molecular weight is 222 g/mol. The predicted octanol–water partition coefficient (Wildman–Crippen LogP) is 2.45. The lowest BCUT2D eigenvalue weighted by Crippen LogP contribution is -2.35. The summed E-state index contributed by atoms with van der Waals surface area (Å²) >= 11 is 0. The van der Waals surface area contributed by atoms with Gasteiger partial charge in [0.25, 0.3) is 0 Å². The van der Waals surface area contributed by atoms with Crippen LogP contribution in [0, 0.1) is 11.3 Å². The first-order valence-electron chi connectivity index (χ1n) is 6.83. The summed E-state index contributed by atoms with van der Waals surface area (Å²) < 4.78 is 0. The number of rotatable bonds is 4. The number of hydrogen-bond acceptors (Lipinski definition) is 2. The molecule has 2 unspecified atom stereocenters. The average Bonchev–Trinajstić information content (AvgIpc) is 2.65. The van der Waals surface area contributed by atoms with E-state index in [1.165, 1.54) is 38.6 Å². The summed E-state index contributed by atoms with van der Waals surface area (Å²) in [6.07, 6.45) is 12.6. The summed E-state index contributed by atoms with van der Waals surface area (Å²) in [5.41, 5.74) is 6.41.